The highest BCUT2D eigenvalue weighted by atomic mass is 32.2. The van der Waals surface area contributed by atoms with E-state index < -0.39 is 10.0 Å². The van der Waals surface area contributed by atoms with Gasteiger partial charge < -0.3 is 5.73 Å². The highest BCUT2D eigenvalue weighted by Gasteiger charge is 2.22. The first-order valence-corrected chi connectivity index (χ1v) is 7.90. The summed E-state index contributed by atoms with van der Waals surface area (Å²) in [5.74, 6) is -0.0801. The number of nitrogens with one attached hydrogen (secondary N) is 1. The van der Waals surface area contributed by atoms with Crippen molar-refractivity contribution in [2.45, 2.75) is 18.7 Å². The summed E-state index contributed by atoms with van der Waals surface area (Å²) < 4.78 is 27.0. The predicted octanol–water partition coefficient (Wildman–Crippen LogP) is 2.01. The lowest BCUT2D eigenvalue weighted by atomic mass is 10.2. The van der Waals surface area contributed by atoms with Gasteiger partial charge >= 0.3 is 0 Å². The van der Waals surface area contributed by atoms with Gasteiger partial charge in [0.05, 0.1) is 5.56 Å². The first-order valence-electron chi connectivity index (χ1n) is 5.60. The highest BCUT2D eigenvalue weighted by molar-refractivity contribution is 7.93. The molecular formula is C12H12N4O2S2. The number of pyridine rings is 1. The topological polar surface area (TPSA) is 109 Å². The molecule has 0 saturated carbocycles. The molecule has 0 fully saturated rings. The summed E-state index contributed by atoms with van der Waals surface area (Å²) in [7, 11) is -3.86. The number of nitrogens with two attached hydrogens (primary N) is 1. The molecule has 6 nitrogen and oxygen atoms in total. The van der Waals surface area contributed by atoms with E-state index in [1.54, 1.807) is 6.92 Å². The molecule has 104 valence electrons. The zero-order valence-corrected chi connectivity index (χ0v) is 12.5. The Morgan fingerprint density at radius 1 is 1.45 bits per heavy atom. The number of rotatable bonds is 3. The van der Waals surface area contributed by atoms with Gasteiger partial charge in [0.2, 0.25) is 0 Å². The lowest BCUT2D eigenvalue weighted by Crippen LogP contribution is -2.15. The molecule has 2 heterocycles. The SMILES string of the molecule is Cc1sc(NS(=O)(=O)c2cccnc2N)c(C#N)c1C. The molecule has 0 unspecified atom stereocenters. The lowest BCUT2D eigenvalue weighted by molar-refractivity contribution is 0.601. The average molecular weight is 308 g/mol. The fraction of sp³-hybridized carbons (Fsp3) is 0.167. The number of sulfonamides is 1. The van der Waals surface area contributed by atoms with Crippen LogP contribution >= 0.6 is 11.3 Å². The number of nitrogen functional groups attached to an aromatic ring is 1. The van der Waals surface area contributed by atoms with Crippen LogP contribution in [0.1, 0.15) is 16.0 Å². The monoisotopic (exact) mass is 308 g/mol. The molecule has 0 atom stereocenters. The van der Waals surface area contributed by atoms with E-state index in [0.717, 1.165) is 10.4 Å². The van der Waals surface area contributed by atoms with Crippen LogP contribution in [0, 0.1) is 25.2 Å². The molecule has 2 aromatic heterocycles. The predicted molar refractivity (Wildman–Crippen MR) is 78.0 cm³/mol. The second kappa shape index (κ2) is 5.11. The molecule has 0 aliphatic heterocycles. The van der Waals surface area contributed by atoms with Crippen LogP contribution in [0.25, 0.3) is 0 Å². The molecule has 0 aliphatic carbocycles. The molecule has 0 spiro atoms. The van der Waals surface area contributed by atoms with Gasteiger partial charge in [0.1, 0.15) is 21.8 Å². The highest BCUT2D eigenvalue weighted by Crippen LogP contribution is 2.33. The maximum Gasteiger partial charge on any atom is 0.266 e. The second-order valence-electron chi connectivity index (χ2n) is 4.09. The number of aromatic nitrogens is 1. The smallest absolute Gasteiger partial charge is 0.266 e. The maximum atomic E-state index is 12.3. The van der Waals surface area contributed by atoms with Crippen LogP contribution in [0.3, 0.4) is 0 Å². The lowest BCUT2D eigenvalue weighted by Gasteiger charge is -2.08. The Morgan fingerprint density at radius 3 is 2.75 bits per heavy atom. The van der Waals surface area contributed by atoms with Crippen molar-refractivity contribution in [3.05, 3.63) is 34.3 Å². The number of thiophene rings is 1. The summed E-state index contributed by atoms with van der Waals surface area (Å²) in [5.41, 5.74) is 6.68. The Kier molecular flexibility index (Phi) is 3.65. The fourth-order valence-corrected chi connectivity index (χ4v) is 4.04. The largest absolute Gasteiger partial charge is 0.383 e. The van der Waals surface area contributed by atoms with Crippen LogP contribution in [0.5, 0.6) is 0 Å². The number of hydrogen-bond donors (Lipinski definition) is 2. The molecule has 8 heteroatoms. The number of nitriles is 1. The Balaban J connectivity index is 2.48. The van der Waals surface area contributed by atoms with Gasteiger partial charge in [-0.25, -0.2) is 13.4 Å². The van der Waals surface area contributed by atoms with Gasteiger partial charge in [-0.05, 0) is 31.5 Å². The van der Waals surface area contributed by atoms with Crippen molar-refractivity contribution >= 4 is 32.2 Å². The van der Waals surface area contributed by atoms with Crippen LogP contribution in [0.2, 0.25) is 0 Å². The molecule has 0 amide bonds. The number of anilines is 2. The molecule has 0 aromatic carbocycles. The van der Waals surface area contributed by atoms with Crippen molar-refractivity contribution in [3.8, 4) is 6.07 Å². The molecule has 0 bridgehead atoms. The summed E-state index contributed by atoms with van der Waals surface area (Å²) in [4.78, 5) is 4.53. The number of nitrogens with zero attached hydrogens (tertiary/aromatic N) is 2. The zero-order chi connectivity index (χ0) is 14.9. The van der Waals surface area contributed by atoms with Gasteiger partial charge in [0.25, 0.3) is 10.0 Å². The van der Waals surface area contributed by atoms with Crippen molar-refractivity contribution in [3.63, 3.8) is 0 Å². The molecular weight excluding hydrogens is 296 g/mol. The van der Waals surface area contributed by atoms with E-state index in [4.69, 9.17) is 11.0 Å². The minimum Gasteiger partial charge on any atom is -0.383 e. The Bertz CT molecular complexity index is 803. The van der Waals surface area contributed by atoms with Crippen LogP contribution in [-0.2, 0) is 10.0 Å². The molecule has 0 saturated heterocycles. The van der Waals surface area contributed by atoms with E-state index in [0.29, 0.717) is 10.6 Å². The Labute approximate surface area is 120 Å². The average Bonchev–Trinajstić information content (AvgIpc) is 2.64. The number of aryl methyl sites for hydroxylation is 1. The minimum atomic E-state index is -3.86. The summed E-state index contributed by atoms with van der Waals surface area (Å²) in [6, 6.07) is 4.86. The van der Waals surface area contributed by atoms with E-state index in [2.05, 4.69) is 9.71 Å². The van der Waals surface area contributed by atoms with Gasteiger partial charge in [0.15, 0.2) is 0 Å². The van der Waals surface area contributed by atoms with E-state index >= 15 is 0 Å². The van der Waals surface area contributed by atoms with Gasteiger partial charge in [-0.15, -0.1) is 11.3 Å². The summed E-state index contributed by atoms with van der Waals surface area (Å²) >= 11 is 1.22. The molecule has 0 radical (unpaired) electrons. The van der Waals surface area contributed by atoms with E-state index in [1.807, 2.05) is 13.0 Å². The van der Waals surface area contributed by atoms with Crippen molar-refractivity contribution in [1.29, 1.82) is 5.26 Å². The van der Waals surface area contributed by atoms with E-state index in [1.165, 1.54) is 29.7 Å². The fourth-order valence-electron chi connectivity index (χ4n) is 1.64. The minimum absolute atomic E-state index is 0.0801. The van der Waals surface area contributed by atoms with Gasteiger partial charge in [-0.1, -0.05) is 0 Å². The van der Waals surface area contributed by atoms with Crippen LogP contribution in [0.15, 0.2) is 23.2 Å². The molecule has 3 N–H and O–H groups in total. The Hall–Kier alpha value is -2.11. The van der Waals surface area contributed by atoms with Gasteiger partial charge in [0, 0.05) is 11.1 Å². The normalized spacial score (nSPS) is 11.1. The van der Waals surface area contributed by atoms with E-state index in [-0.39, 0.29) is 10.7 Å². The molecule has 20 heavy (non-hydrogen) atoms. The second-order valence-corrected chi connectivity index (χ2v) is 6.97. The first-order chi connectivity index (χ1) is 9.36. The van der Waals surface area contributed by atoms with Crippen molar-refractivity contribution in [1.82, 2.24) is 4.98 Å². The standard InChI is InChI=1S/C12H12N4O2S2/c1-7-8(2)19-12(9(7)6-13)16-20(17,18)10-4-3-5-15-11(10)14/h3-5,16H,1-2H3,(H2,14,15). The third-order valence-electron chi connectivity index (χ3n) is 2.81. The van der Waals surface area contributed by atoms with Crippen molar-refractivity contribution in [2.24, 2.45) is 0 Å². The quantitative estimate of drug-likeness (QED) is 0.901. The Morgan fingerprint density at radius 2 is 2.15 bits per heavy atom. The van der Waals surface area contributed by atoms with Crippen molar-refractivity contribution in [2.75, 3.05) is 10.5 Å². The molecule has 0 aliphatic rings. The number of hydrogen-bond acceptors (Lipinski definition) is 6. The van der Waals surface area contributed by atoms with Gasteiger partial charge in [-0.2, -0.15) is 5.26 Å². The van der Waals surface area contributed by atoms with Crippen LogP contribution in [-0.4, -0.2) is 13.4 Å². The summed E-state index contributed by atoms with van der Waals surface area (Å²) in [6.45, 7) is 3.61. The molecule has 2 rings (SSSR count). The zero-order valence-electron chi connectivity index (χ0n) is 10.8. The van der Waals surface area contributed by atoms with Crippen LogP contribution in [0.4, 0.5) is 10.8 Å². The van der Waals surface area contributed by atoms with Crippen LogP contribution < -0.4 is 10.5 Å². The van der Waals surface area contributed by atoms with Gasteiger partial charge in [-0.3, -0.25) is 4.72 Å². The first kappa shape index (κ1) is 14.3. The third kappa shape index (κ3) is 2.45. The summed E-state index contributed by atoms with van der Waals surface area (Å²) in [5, 5.41) is 9.42. The van der Waals surface area contributed by atoms with Crippen molar-refractivity contribution < 1.29 is 8.42 Å². The molecule has 2 aromatic rings. The third-order valence-corrected chi connectivity index (χ3v) is 5.46. The maximum absolute atomic E-state index is 12.3. The van der Waals surface area contributed by atoms with E-state index in [9.17, 15) is 8.42 Å². The summed E-state index contributed by atoms with van der Waals surface area (Å²) in [6.07, 6.45) is 1.41.